The summed E-state index contributed by atoms with van der Waals surface area (Å²) >= 11 is 0. The zero-order valence-corrected chi connectivity index (χ0v) is 15.0. The molecule has 2 amide bonds. The molecule has 0 saturated carbocycles. The molecule has 2 atom stereocenters. The Balaban J connectivity index is 1.41. The van der Waals surface area contributed by atoms with Gasteiger partial charge in [0.05, 0.1) is 12.2 Å². The third kappa shape index (κ3) is 4.15. The molecule has 2 bridgehead atoms. The van der Waals surface area contributed by atoms with E-state index in [9.17, 15) is 14.0 Å². The van der Waals surface area contributed by atoms with Crippen LogP contribution in [0.25, 0.3) is 0 Å². The molecule has 2 aliphatic heterocycles. The number of hydrogen-bond donors (Lipinski definition) is 2. The van der Waals surface area contributed by atoms with Gasteiger partial charge in [0, 0.05) is 31.2 Å². The van der Waals surface area contributed by atoms with Crippen molar-refractivity contribution >= 4 is 12.0 Å². The third-order valence-electron chi connectivity index (χ3n) is 5.17. The summed E-state index contributed by atoms with van der Waals surface area (Å²) in [4.78, 5) is 25.9. The number of carbonyl (C=O) groups excluding carboxylic acids is 2. The zero-order valence-electron chi connectivity index (χ0n) is 15.0. The highest BCUT2D eigenvalue weighted by Gasteiger charge is 2.43. The van der Waals surface area contributed by atoms with E-state index in [1.54, 1.807) is 12.1 Å². The van der Waals surface area contributed by atoms with Crippen LogP contribution in [0.1, 0.15) is 43.0 Å². The maximum Gasteiger partial charge on any atom is 0.410 e. The lowest BCUT2D eigenvalue weighted by molar-refractivity contribution is 0.0659. The van der Waals surface area contributed by atoms with Gasteiger partial charge in [-0.1, -0.05) is 12.1 Å². The van der Waals surface area contributed by atoms with Crippen molar-refractivity contribution in [1.82, 2.24) is 15.5 Å². The number of benzene rings is 1. The number of fused-ring (bicyclic) bond motifs is 2. The van der Waals surface area contributed by atoms with Crippen molar-refractivity contribution in [3.05, 3.63) is 35.6 Å². The SMILES string of the molecule is CCOC(=O)N1C2CCC1CC(NCCNC(=O)c1ccccc1F)C2. The van der Waals surface area contributed by atoms with Gasteiger partial charge in [-0.2, -0.15) is 0 Å². The second kappa shape index (κ2) is 8.49. The van der Waals surface area contributed by atoms with Crippen molar-refractivity contribution in [1.29, 1.82) is 0 Å². The number of halogens is 1. The molecule has 6 nitrogen and oxygen atoms in total. The zero-order chi connectivity index (χ0) is 18.5. The molecule has 0 aliphatic carbocycles. The monoisotopic (exact) mass is 363 g/mol. The van der Waals surface area contributed by atoms with E-state index in [4.69, 9.17) is 4.74 Å². The first kappa shape index (κ1) is 18.6. The quantitative estimate of drug-likeness (QED) is 0.761. The van der Waals surface area contributed by atoms with Gasteiger partial charge in [-0.3, -0.25) is 4.79 Å². The van der Waals surface area contributed by atoms with Crippen LogP contribution in [-0.2, 0) is 4.74 Å². The lowest BCUT2D eigenvalue weighted by Gasteiger charge is -2.38. The highest BCUT2D eigenvalue weighted by Crippen LogP contribution is 2.36. The number of carbonyl (C=O) groups is 2. The predicted molar refractivity (Wildman–Crippen MR) is 95.4 cm³/mol. The highest BCUT2D eigenvalue weighted by molar-refractivity contribution is 5.94. The van der Waals surface area contributed by atoms with Crippen LogP contribution < -0.4 is 10.6 Å². The third-order valence-corrected chi connectivity index (χ3v) is 5.17. The standard InChI is InChI=1S/C19H26FN3O3/c1-2-26-19(25)23-14-7-8-15(23)12-13(11-14)21-9-10-22-18(24)16-5-3-4-6-17(16)20/h3-6,13-15,21H,2,7-12H2,1H3,(H,22,24). The van der Waals surface area contributed by atoms with Crippen molar-refractivity contribution in [3.8, 4) is 0 Å². The second-order valence-electron chi connectivity index (χ2n) is 6.85. The van der Waals surface area contributed by atoms with Crippen molar-refractivity contribution in [2.75, 3.05) is 19.7 Å². The fourth-order valence-electron chi connectivity index (χ4n) is 4.03. The summed E-state index contributed by atoms with van der Waals surface area (Å²) in [5.74, 6) is -0.914. The summed E-state index contributed by atoms with van der Waals surface area (Å²) in [5.41, 5.74) is 0.0632. The lowest BCUT2D eigenvalue weighted by atomic mass is 9.98. The maximum absolute atomic E-state index is 13.6. The minimum absolute atomic E-state index is 0.0632. The van der Waals surface area contributed by atoms with E-state index >= 15 is 0 Å². The Morgan fingerprint density at radius 3 is 2.54 bits per heavy atom. The number of hydrogen-bond acceptors (Lipinski definition) is 4. The number of amides is 2. The molecule has 2 heterocycles. The smallest absolute Gasteiger partial charge is 0.410 e. The summed E-state index contributed by atoms with van der Waals surface area (Å²) in [6.45, 7) is 3.27. The van der Waals surface area contributed by atoms with E-state index < -0.39 is 11.7 Å². The lowest BCUT2D eigenvalue weighted by Crippen LogP contribution is -2.52. The molecule has 26 heavy (non-hydrogen) atoms. The molecule has 2 aliphatic rings. The minimum Gasteiger partial charge on any atom is -0.450 e. The Bertz CT molecular complexity index is 641. The van der Waals surface area contributed by atoms with Crippen molar-refractivity contribution in [3.63, 3.8) is 0 Å². The van der Waals surface area contributed by atoms with E-state index in [1.165, 1.54) is 12.1 Å². The molecule has 142 valence electrons. The van der Waals surface area contributed by atoms with Crippen LogP contribution in [-0.4, -0.2) is 54.7 Å². The fourth-order valence-corrected chi connectivity index (χ4v) is 4.03. The summed E-state index contributed by atoms with van der Waals surface area (Å²) in [6.07, 6.45) is 3.64. The number of nitrogens with one attached hydrogen (secondary N) is 2. The summed E-state index contributed by atoms with van der Waals surface area (Å²) in [6, 6.07) is 6.75. The van der Waals surface area contributed by atoms with Gasteiger partial charge < -0.3 is 20.3 Å². The van der Waals surface area contributed by atoms with Crippen LogP contribution in [0, 0.1) is 5.82 Å². The van der Waals surface area contributed by atoms with Crippen molar-refractivity contribution < 1.29 is 18.7 Å². The van der Waals surface area contributed by atoms with E-state index in [1.807, 2.05) is 11.8 Å². The number of piperidine rings is 1. The van der Waals surface area contributed by atoms with Crippen LogP contribution in [0.5, 0.6) is 0 Å². The molecule has 0 spiro atoms. The van der Waals surface area contributed by atoms with Gasteiger partial charge in [-0.15, -0.1) is 0 Å². The Labute approximate surface area is 153 Å². The molecule has 2 unspecified atom stereocenters. The summed E-state index contributed by atoms with van der Waals surface area (Å²) in [5, 5.41) is 6.18. The highest BCUT2D eigenvalue weighted by atomic mass is 19.1. The first-order chi connectivity index (χ1) is 12.6. The summed E-state index contributed by atoms with van der Waals surface area (Å²) < 4.78 is 18.7. The minimum atomic E-state index is -0.513. The molecule has 1 aromatic carbocycles. The van der Waals surface area contributed by atoms with Crippen molar-refractivity contribution in [2.24, 2.45) is 0 Å². The molecule has 2 N–H and O–H groups in total. The first-order valence-electron chi connectivity index (χ1n) is 9.31. The van der Waals surface area contributed by atoms with Crippen molar-refractivity contribution in [2.45, 2.75) is 50.7 Å². The van der Waals surface area contributed by atoms with Crippen LogP contribution in [0.15, 0.2) is 24.3 Å². The van der Waals surface area contributed by atoms with Crippen LogP contribution >= 0.6 is 0 Å². The van der Waals surface area contributed by atoms with E-state index in [0.717, 1.165) is 25.7 Å². The van der Waals surface area contributed by atoms with E-state index in [0.29, 0.717) is 25.7 Å². The molecular formula is C19H26FN3O3. The van der Waals surface area contributed by atoms with Gasteiger partial charge >= 0.3 is 6.09 Å². The second-order valence-corrected chi connectivity index (χ2v) is 6.85. The molecule has 2 saturated heterocycles. The molecule has 2 fully saturated rings. The van der Waals surface area contributed by atoms with Gasteiger partial charge in [0.25, 0.3) is 5.91 Å². The molecular weight excluding hydrogens is 337 g/mol. The van der Waals surface area contributed by atoms with Gasteiger partial charge in [0.15, 0.2) is 0 Å². The molecule has 0 aromatic heterocycles. The first-order valence-corrected chi connectivity index (χ1v) is 9.31. The Morgan fingerprint density at radius 2 is 1.88 bits per heavy atom. The Kier molecular flexibility index (Phi) is 6.08. The largest absolute Gasteiger partial charge is 0.450 e. The molecule has 3 rings (SSSR count). The van der Waals surface area contributed by atoms with Gasteiger partial charge in [-0.25, -0.2) is 9.18 Å². The number of ether oxygens (including phenoxy) is 1. The van der Waals surface area contributed by atoms with E-state index in [-0.39, 0.29) is 23.7 Å². The van der Waals surface area contributed by atoms with Crippen LogP contribution in [0.3, 0.4) is 0 Å². The van der Waals surface area contributed by atoms with Gasteiger partial charge in [0.2, 0.25) is 0 Å². The van der Waals surface area contributed by atoms with Crippen LogP contribution in [0.4, 0.5) is 9.18 Å². The average Bonchev–Trinajstić information content (AvgIpc) is 2.90. The molecule has 0 radical (unpaired) electrons. The number of rotatable bonds is 6. The molecule has 7 heteroatoms. The normalized spacial score (nSPS) is 24.4. The topological polar surface area (TPSA) is 70.7 Å². The fraction of sp³-hybridized carbons (Fsp3) is 0.579. The molecule has 1 aromatic rings. The summed E-state index contributed by atoms with van der Waals surface area (Å²) in [7, 11) is 0. The Hall–Kier alpha value is -2.15. The van der Waals surface area contributed by atoms with E-state index in [2.05, 4.69) is 10.6 Å². The Morgan fingerprint density at radius 1 is 1.19 bits per heavy atom. The maximum atomic E-state index is 13.6. The number of nitrogens with zero attached hydrogens (tertiary/aromatic N) is 1. The van der Waals surface area contributed by atoms with Gasteiger partial charge in [0.1, 0.15) is 5.82 Å². The predicted octanol–water partition coefficient (Wildman–Crippen LogP) is 2.30. The van der Waals surface area contributed by atoms with Crippen LogP contribution in [0.2, 0.25) is 0 Å². The average molecular weight is 363 g/mol. The van der Waals surface area contributed by atoms with Gasteiger partial charge in [-0.05, 0) is 44.7 Å².